The molecule has 178 valence electrons. The molecular weight excluding hydrogens is 455 g/mol. The van der Waals surface area contributed by atoms with Gasteiger partial charge in [0.1, 0.15) is 11.5 Å². The highest BCUT2D eigenvalue weighted by molar-refractivity contribution is 5.93. The lowest BCUT2D eigenvalue weighted by Gasteiger charge is -2.17. The van der Waals surface area contributed by atoms with E-state index in [0.29, 0.717) is 11.4 Å². The number of nitrogens with zero attached hydrogens (tertiary/aromatic N) is 3. The molecule has 0 saturated heterocycles. The number of rotatable bonds is 8. The van der Waals surface area contributed by atoms with Crippen LogP contribution in [0.1, 0.15) is 28.5 Å². The second-order valence-electron chi connectivity index (χ2n) is 7.59. The normalized spacial score (nSPS) is 11.6. The Morgan fingerprint density at radius 3 is 2.43 bits per heavy atom. The van der Waals surface area contributed by atoms with Crippen molar-refractivity contribution in [2.24, 2.45) is 0 Å². The number of halogens is 1. The predicted octanol–water partition coefficient (Wildman–Crippen LogP) is 3.73. The van der Waals surface area contributed by atoms with Crippen molar-refractivity contribution in [1.82, 2.24) is 20.1 Å². The van der Waals surface area contributed by atoms with Gasteiger partial charge in [0.15, 0.2) is 5.69 Å². The van der Waals surface area contributed by atoms with Gasteiger partial charge in [0.2, 0.25) is 11.8 Å². The van der Waals surface area contributed by atoms with E-state index in [4.69, 9.17) is 4.74 Å². The lowest BCUT2D eigenvalue weighted by Crippen LogP contribution is -2.30. The average Bonchev–Trinajstić information content (AvgIpc) is 3.25. The Kier molecular flexibility index (Phi) is 6.72. The van der Waals surface area contributed by atoms with Crippen LogP contribution < -0.4 is 10.1 Å². The average molecular weight is 476 g/mol. The first-order valence-electron chi connectivity index (χ1n) is 10.5. The fourth-order valence-electron chi connectivity index (χ4n) is 3.52. The molecule has 2 heterocycles. The third-order valence-corrected chi connectivity index (χ3v) is 5.28. The number of amides is 1. The van der Waals surface area contributed by atoms with Crippen LogP contribution in [0.4, 0.5) is 4.39 Å². The van der Waals surface area contributed by atoms with Crippen molar-refractivity contribution < 1.29 is 28.9 Å². The van der Waals surface area contributed by atoms with E-state index >= 15 is 0 Å². The smallest absolute Gasteiger partial charge is 0.305 e. The molecule has 2 aromatic heterocycles. The number of hydrogen-bond acceptors (Lipinski definition) is 6. The number of methoxy groups -OCH3 is 1. The van der Waals surface area contributed by atoms with E-state index in [2.05, 4.69) is 15.4 Å². The molecule has 0 fully saturated rings. The number of carbonyl (C=O) groups excluding carboxylic acids is 1. The highest BCUT2D eigenvalue weighted by atomic mass is 19.1. The maximum atomic E-state index is 14.1. The molecule has 2 aromatic carbocycles. The van der Waals surface area contributed by atoms with Crippen molar-refractivity contribution in [3.8, 4) is 28.6 Å². The number of benzene rings is 2. The molecule has 4 rings (SSSR count). The largest absolute Gasteiger partial charge is 0.493 e. The molecule has 9 nitrogen and oxygen atoms in total. The van der Waals surface area contributed by atoms with Crippen LogP contribution in [0.15, 0.2) is 72.9 Å². The van der Waals surface area contributed by atoms with E-state index in [1.54, 1.807) is 42.6 Å². The summed E-state index contributed by atoms with van der Waals surface area (Å²) in [6.45, 7) is 0. The lowest BCUT2D eigenvalue weighted by molar-refractivity contribution is -0.137. The number of aliphatic carboxylic acids is 1. The number of ether oxygens (including phenoxy) is 1. The first-order valence-corrected chi connectivity index (χ1v) is 10.5. The Labute approximate surface area is 199 Å². The van der Waals surface area contributed by atoms with E-state index < -0.39 is 29.6 Å². The van der Waals surface area contributed by atoms with Crippen LogP contribution in [-0.4, -0.2) is 44.0 Å². The molecule has 0 aliphatic carbocycles. The number of hydrogen-bond donors (Lipinski definition) is 3. The molecular formula is C25H21FN4O5. The van der Waals surface area contributed by atoms with Gasteiger partial charge in [-0.25, -0.2) is 9.37 Å². The van der Waals surface area contributed by atoms with E-state index in [9.17, 15) is 24.2 Å². The highest BCUT2D eigenvalue weighted by Crippen LogP contribution is 2.25. The molecule has 4 aromatic rings. The zero-order chi connectivity index (χ0) is 24.9. The van der Waals surface area contributed by atoms with Gasteiger partial charge in [-0.1, -0.05) is 36.4 Å². The summed E-state index contributed by atoms with van der Waals surface area (Å²) in [5.41, 5.74) is 2.02. The summed E-state index contributed by atoms with van der Waals surface area (Å²) in [6.07, 6.45) is 1.28. The van der Waals surface area contributed by atoms with Gasteiger partial charge < -0.3 is 20.3 Å². The summed E-state index contributed by atoms with van der Waals surface area (Å²) >= 11 is 0. The maximum Gasteiger partial charge on any atom is 0.305 e. The molecule has 3 N–H and O–H groups in total. The summed E-state index contributed by atoms with van der Waals surface area (Å²) in [7, 11) is 1.53. The van der Waals surface area contributed by atoms with Crippen molar-refractivity contribution in [2.75, 3.05) is 7.11 Å². The minimum absolute atomic E-state index is 0.0326. The van der Waals surface area contributed by atoms with E-state index in [1.807, 2.05) is 6.07 Å². The van der Waals surface area contributed by atoms with Crippen LogP contribution in [-0.2, 0) is 4.79 Å². The van der Waals surface area contributed by atoms with Crippen molar-refractivity contribution in [1.29, 1.82) is 0 Å². The second-order valence-corrected chi connectivity index (χ2v) is 7.59. The number of carboxylic acids is 1. The molecule has 0 spiro atoms. The number of carboxylic acid groups (broad SMARTS) is 1. The number of carbonyl (C=O) groups is 2. The Morgan fingerprint density at radius 1 is 1.09 bits per heavy atom. The van der Waals surface area contributed by atoms with Gasteiger partial charge in [0.25, 0.3) is 5.91 Å². The standard InChI is InChI=1S/C25H21FN4O5/c1-35-22-11-10-17(14-27-22)15-6-8-16(9-7-15)19(13-24(32)33)28-25(34)20-12-23(31)30(29-20)21-5-3-2-4-18(21)26/h2-12,14,19,31H,13H2,1H3,(H,28,34)(H,32,33). The molecule has 0 bridgehead atoms. The monoisotopic (exact) mass is 476 g/mol. The van der Waals surface area contributed by atoms with Crippen molar-refractivity contribution in [3.63, 3.8) is 0 Å². The highest BCUT2D eigenvalue weighted by Gasteiger charge is 2.22. The Morgan fingerprint density at radius 2 is 1.80 bits per heavy atom. The summed E-state index contributed by atoms with van der Waals surface area (Å²) in [5.74, 6) is -2.41. The van der Waals surface area contributed by atoms with E-state index in [0.717, 1.165) is 21.9 Å². The lowest BCUT2D eigenvalue weighted by atomic mass is 9.99. The zero-order valence-electron chi connectivity index (χ0n) is 18.6. The maximum absolute atomic E-state index is 14.1. The quantitative estimate of drug-likeness (QED) is 0.354. The molecule has 0 aliphatic heterocycles. The number of nitrogens with one attached hydrogen (secondary N) is 1. The number of aromatic hydroxyl groups is 1. The third kappa shape index (κ3) is 5.27. The van der Waals surface area contributed by atoms with Gasteiger partial charge in [-0.15, -0.1) is 0 Å². The van der Waals surface area contributed by atoms with Crippen molar-refractivity contribution >= 4 is 11.9 Å². The molecule has 10 heteroatoms. The summed E-state index contributed by atoms with van der Waals surface area (Å²) in [4.78, 5) is 28.5. The fourth-order valence-corrected chi connectivity index (χ4v) is 3.52. The Balaban J connectivity index is 1.55. The van der Waals surface area contributed by atoms with Gasteiger partial charge in [0, 0.05) is 23.9 Å². The van der Waals surface area contributed by atoms with Gasteiger partial charge in [-0.3, -0.25) is 9.59 Å². The number of aromatic nitrogens is 3. The SMILES string of the molecule is COc1ccc(-c2ccc(C(CC(=O)O)NC(=O)c3cc(O)n(-c4ccccc4F)n3)cc2)cn1. The Bertz CT molecular complexity index is 1350. The molecule has 0 aliphatic rings. The molecule has 1 atom stereocenters. The van der Waals surface area contributed by atoms with Crippen LogP contribution >= 0.6 is 0 Å². The van der Waals surface area contributed by atoms with Crippen LogP contribution in [0.5, 0.6) is 11.8 Å². The van der Waals surface area contributed by atoms with Crippen molar-refractivity contribution in [3.05, 3.63) is 90.0 Å². The van der Waals surface area contributed by atoms with Gasteiger partial charge in [-0.05, 0) is 29.3 Å². The van der Waals surface area contributed by atoms with Crippen LogP contribution in [0.25, 0.3) is 16.8 Å². The number of pyridine rings is 1. The fraction of sp³-hybridized carbons (Fsp3) is 0.120. The van der Waals surface area contributed by atoms with E-state index in [-0.39, 0.29) is 17.8 Å². The van der Waals surface area contributed by atoms with Crippen LogP contribution in [0.3, 0.4) is 0 Å². The minimum Gasteiger partial charge on any atom is -0.493 e. The number of para-hydroxylation sites is 1. The Hall–Kier alpha value is -4.73. The third-order valence-electron chi connectivity index (χ3n) is 5.28. The minimum atomic E-state index is -1.11. The van der Waals surface area contributed by atoms with E-state index in [1.165, 1.54) is 25.3 Å². The first-order chi connectivity index (χ1) is 16.9. The van der Waals surface area contributed by atoms with Gasteiger partial charge in [-0.2, -0.15) is 9.78 Å². The first kappa shape index (κ1) is 23.4. The molecule has 35 heavy (non-hydrogen) atoms. The topological polar surface area (TPSA) is 127 Å². The van der Waals surface area contributed by atoms with Crippen LogP contribution in [0.2, 0.25) is 0 Å². The molecule has 0 saturated carbocycles. The van der Waals surface area contributed by atoms with Crippen molar-refractivity contribution in [2.45, 2.75) is 12.5 Å². The molecule has 1 unspecified atom stereocenters. The van der Waals surface area contributed by atoms with Gasteiger partial charge in [0.05, 0.1) is 19.6 Å². The summed E-state index contributed by atoms with van der Waals surface area (Å²) in [5, 5.41) is 26.2. The van der Waals surface area contributed by atoms with Gasteiger partial charge >= 0.3 is 5.97 Å². The molecule has 1 amide bonds. The van der Waals surface area contributed by atoms with Crippen LogP contribution in [0, 0.1) is 5.82 Å². The predicted molar refractivity (Wildman–Crippen MR) is 124 cm³/mol. The molecule has 0 radical (unpaired) electrons. The summed E-state index contributed by atoms with van der Waals surface area (Å²) < 4.78 is 20.0. The summed E-state index contributed by atoms with van der Waals surface area (Å²) in [6, 6.07) is 16.4. The second kappa shape index (κ2) is 10.0. The zero-order valence-corrected chi connectivity index (χ0v) is 18.6.